The Morgan fingerprint density at radius 1 is 1.00 bits per heavy atom. The maximum atomic E-state index is 12.5. The first kappa shape index (κ1) is 28.5. The number of furan rings is 1. The van der Waals surface area contributed by atoms with Gasteiger partial charge in [0.05, 0.1) is 12.8 Å². The number of rotatable bonds is 12. The van der Waals surface area contributed by atoms with E-state index in [0.29, 0.717) is 33.9 Å². The number of hydrazone groups is 1. The summed E-state index contributed by atoms with van der Waals surface area (Å²) in [6.45, 7) is 5.91. The zero-order valence-corrected chi connectivity index (χ0v) is 23.7. The van der Waals surface area contributed by atoms with Crippen molar-refractivity contribution in [1.29, 1.82) is 0 Å². The SMILES string of the molecule is CCOc1cc(/C=N/NC(=O)c2ccc(COc3ccc(-n4c(C)ccc4C)cc3)o2)c(Br)cc1OCC(=O)O. The number of carbonyl (C=O) groups is 2. The maximum absolute atomic E-state index is 12.5. The van der Waals surface area contributed by atoms with Gasteiger partial charge in [0.25, 0.3) is 0 Å². The first-order chi connectivity index (χ1) is 19.2. The average molecular weight is 610 g/mol. The van der Waals surface area contributed by atoms with Crippen molar-refractivity contribution in [2.45, 2.75) is 27.4 Å². The van der Waals surface area contributed by atoms with Gasteiger partial charge in [-0.15, -0.1) is 0 Å². The van der Waals surface area contributed by atoms with Gasteiger partial charge in [-0.2, -0.15) is 5.10 Å². The number of amides is 1. The van der Waals surface area contributed by atoms with Gasteiger partial charge in [0, 0.05) is 27.1 Å². The number of carboxylic acids is 1. The molecule has 2 N–H and O–H groups in total. The molecule has 10 nitrogen and oxygen atoms in total. The minimum absolute atomic E-state index is 0.0798. The van der Waals surface area contributed by atoms with Gasteiger partial charge >= 0.3 is 11.9 Å². The molecular formula is C29H28BrN3O7. The van der Waals surface area contributed by atoms with Crippen LogP contribution >= 0.6 is 15.9 Å². The smallest absolute Gasteiger partial charge is 0.341 e. The fourth-order valence-electron chi connectivity index (χ4n) is 3.89. The van der Waals surface area contributed by atoms with E-state index < -0.39 is 18.5 Å². The second kappa shape index (κ2) is 13.0. The highest BCUT2D eigenvalue weighted by Gasteiger charge is 2.13. The van der Waals surface area contributed by atoms with Gasteiger partial charge in [0.15, 0.2) is 23.9 Å². The molecule has 2 aromatic carbocycles. The van der Waals surface area contributed by atoms with E-state index in [9.17, 15) is 9.59 Å². The number of hydrogen-bond donors (Lipinski definition) is 2. The van der Waals surface area contributed by atoms with E-state index in [-0.39, 0.29) is 18.1 Å². The minimum Gasteiger partial charge on any atom is -0.490 e. The highest BCUT2D eigenvalue weighted by atomic mass is 79.9. The van der Waals surface area contributed by atoms with E-state index in [0.717, 1.165) is 17.1 Å². The Labute approximate surface area is 239 Å². The predicted octanol–water partition coefficient (Wildman–Crippen LogP) is 5.65. The molecule has 0 aliphatic rings. The second-order valence-corrected chi connectivity index (χ2v) is 9.49. The van der Waals surface area contributed by atoms with Crippen LogP contribution in [0.25, 0.3) is 5.69 Å². The van der Waals surface area contributed by atoms with Gasteiger partial charge in [-0.3, -0.25) is 4.79 Å². The number of hydrogen-bond acceptors (Lipinski definition) is 7. The lowest BCUT2D eigenvalue weighted by atomic mass is 10.2. The van der Waals surface area contributed by atoms with Crippen LogP contribution in [0, 0.1) is 13.8 Å². The monoisotopic (exact) mass is 609 g/mol. The van der Waals surface area contributed by atoms with Gasteiger partial charge in [-0.05, 0) is 97.4 Å². The third kappa shape index (κ3) is 7.11. The fourth-order valence-corrected chi connectivity index (χ4v) is 4.31. The van der Waals surface area contributed by atoms with Gasteiger partial charge in [-0.1, -0.05) is 0 Å². The third-order valence-electron chi connectivity index (χ3n) is 5.72. The highest BCUT2D eigenvalue weighted by molar-refractivity contribution is 9.10. The van der Waals surface area contributed by atoms with Crippen molar-refractivity contribution in [3.8, 4) is 22.9 Å². The molecule has 208 valence electrons. The summed E-state index contributed by atoms with van der Waals surface area (Å²) in [5.74, 6) is 0.214. The molecular weight excluding hydrogens is 582 g/mol. The van der Waals surface area contributed by atoms with Crippen LogP contribution in [-0.4, -0.2) is 41.0 Å². The number of aliphatic carboxylic acids is 1. The zero-order valence-electron chi connectivity index (χ0n) is 22.1. The lowest BCUT2D eigenvalue weighted by Crippen LogP contribution is -2.17. The van der Waals surface area contributed by atoms with Crippen molar-refractivity contribution in [2.24, 2.45) is 5.10 Å². The molecule has 0 unspecified atom stereocenters. The van der Waals surface area contributed by atoms with E-state index in [2.05, 4.69) is 57.0 Å². The van der Waals surface area contributed by atoms with Crippen LogP contribution in [0.5, 0.6) is 17.2 Å². The number of nitrogens with zero attached hydrogens (tertiary/aromatic N) is 2. The molecule has 2 aromatic heterocycles. The average Bonchev–Trinajstić information content (AvgIpc) is 3.54. The van der Waals surface area contributed by atoms with Crippen molar-refractivity contribution in [2.75, 3.05) is 13.2 Å². The molecule has 0 saturated carbocycles. The third-order valence-corrected chi connectivity index (χ3v) is 6.40. The quantitative estimate of drug-likeness (QED) is 0.157. The van der Waals surface area contributed by atoms with Gasteiger partial charge < -0.3 is 28.3 Å². The Morgan fingerprint density at radius 3 is 2.38 bits per heavy atom. The molecule has 4 rings (SSSR count). The number of nitrogens with one attached hydrogen (secondary N) is 1. The molecule has 4 aromatic rings. The number of benzene rings is 2. The predicted molar refractivity (Wildman–Crippen MR) is 152 cm³/mol. The molecule has 2 heterocycles. The van der Waals surface area contributed by atoms with Crippen LogP contribution in [0.15, 0.2) is 74.7 Å². The van der Waals surface area contributed by atoms with Crippen molar-refractivity contribution < 1.29 is 33.3 Å². The summed E-state index contributed by atoms with van der Waals surface area (Å²) in [5.41, 5.74) is 6.35. The number of aromatic nitrogens is 1. The topological polar surface area (TPSA) is 125 Å². The molecule has 0 bridgehead atoms. The molecule has 40 heavy (non-hydrogen) atoms. The molecule has 0 aliphatic heterocycles. The van der Waals surface area contributed by atoms with Crippen molar-refractivity contribution in [3.63, 3.8) is 0 Å². The van der Waals surface area contributed by atoms with Crippen LogP contribution < -0.4 is 19.6 Å². The Bertz CT molecular complexity index is 1500. The Balaban J connectivity index is 1.33. The van der Waals surface area contributed by atoms with Crippen LogP contribution in [0.1, 0.15) is 40.2 Å². The van der Waals surface area contributed by atoms with E-state index >= 15 is 0 Å². The normalized spacial score (nSPS) is 11.0. The van der Waals surface area contributed by atoms with E-state index in [1.165, 1.54) is 6.21 Å². The molecule has 0 saturated heterocycles. The molecule has 0 aliphatic carbocycles. The number of halogens is 1. The van der Waals surface area contributed by atoms with Crippen LogP contribution in [0.2, 0.25) is 0 Å². The van der Waals surface area contributed by atoms with Gasteiger partial charge in [0.1, 0.15) is 18.1 Å². The van der Waals surface area contributed by atoms with Crippen LogP contribution in [0.4, 0.5) is 0 Å². The van der Waals surface area contributed by atoms with Gasteiger partial charge in [0.2, 0.25) is 0 Å². The number of carbonyl (C=O) groups excluding carboxylic acids is 1. The first-order valence-electron chi connectivity index (χ1n) is 12.4. The Kier molecular flexibility index (Phi) is 9.28. The largest absolute Gasteiger partial charge is 0.490 e. The number of carboxylic acid groups (broad SMARTS) is 1. The Morgan fingerprint density at radius 2 is 1.70 bits per heavy atom. The molecule has 0 spiro atoms. The summed E-state index contributed by atoms with van der Waals surface area (Å²) < 4.78 is 25.0. The summed E-state index contributed by atoms with van der Waals surface area (Å²) in [6, 6.07) is 18.3. The van der Waals surface area contributed by atoms with Crippen molar-refractivity contribution in [3.05, 3.63) is 93.6 Å². The molecule has 0 atom stereocenters. The lowest BCUT2D eigenvalue weighted by Gasteiger charge is -2.12. The second-order valence-electron chi connectivity index (χ2n) is 8.64. The molecule has 11 heteroatoms. The number of ether oxygens (including phenoxy) is 3. The summed E-state index contributed by atoms with van der Waals surface area (Å²) in [6.07, 6.45) is 1.42. The molecule has 0 radical (unpaired) electrons. The van der Waals surface area contributed by atoms with Crippen LogP contribution in [0.3, 0.4) is 0 Å². The zero-order chi connectivity index (χ0) is 28.6. The highest BCUT2D eigenvalue weighted by Crippen LogP contribution is 2.33. The number of aryl methyl sites for hydroxylation is 2. The fraction of sp³-hybridized carbons (Fsp3) is 0.207. The summed E-state index contributed by atoms with van der Waals surface area (Å²) in [5, 5.41) is 12.9. The summed E-state index contributed by atoms with van der Waals surface area (Å²) >= 11 is 3.39. The van der Waals surface area contributed by atoms with E-state index in [4.69, 9.17) is 23.7 Å². The van der Waals surface area contributed by atoms with E-state index in [1.54, 1.807) is 31.2 Å². The minimum atomic E-state index is -1.10. The first-order valence-corrected chi connectivity index (χ1v) is 13.2. The van der Waals surface area contributed by atoms with E-state index in [1.807, 2.05) is 24.3 Å². The van der Waals surface area contributed by atoms with Crippen LogP contribution in [-0.2, 0) is 11.4 Å². The lowest BCUT2D eigenvalue weighted by molar-refractivity contribution is -0.139. The molecule has 0 fully saturated rings. The van der Waals surface area contributed by atoms with Crippen molar-refractivity contribution >= 4 is 34.0 Å². The van der Waals surface area contributed by atoms with Gasteiger partial charge in [-0.25, -0.2) is 10.2 Å². The Hall–Kier alpha value is -4.51. The summed E-state index contributed by atoms with van der Waals surface area (Å²) in [4.78, 5) is 23.3. The van der Waals surface area contributed by atoms with Crippen molar-refractivity contribution in [1.82, 2.24) is 9.99 Å². The summed E-state index contributed by atoms with van der Waals surface area (Å²) in [7, 11) is 0. The standard InChI is InChI=1S/C29H28BrN3O7/c1-4-37-26-13-20(24(30)14-27(26)39-17-28(34)35)15-31-32-29(36)25-12-11-23(40-25)16-38-22-9-7-21(8-10-22)33-18(2)5-6-19(33)3/h5-15H,4,16-17H2,1-3H3,(H,32,36)(H,34,35)/b31-15+. The molecule has 1 amide bonds. The maximum Gasteiger partial charge on any atom is 0.341 e.